The van der Waals surface area contributed by atoms with Crippen LogP contribution in [-0.2, 0) is 5.41 Å². The molecule has 0 N–H and O–H groups in total. The van der Waals surface area contributed by atoms with E-state index < -0.39 is 5.41 Å². The van der Waals surface area contributed by atoms with Crippen molar-refractivity contribution in [2.24, 2.45) is 0 Å². The van der Waals surface area contributed by atoms with Crippen LogP contribution in [0, 0.1) is 0 Å². The summed E-state index contributed by atoms with van der Waals surface area (Å²) in [5.74, 6) is 0. The fourth-order valence-corrected chi connectivity index (χ4v) is 10.4. The van der Waals surface area contributed by atoms with Gasteiger partial charge in [0.05, 0.1) is 5.41 Å². The van der Waals surface area contributed by atoms with E-state index in [1.54, 1.807) is 0 Å². The number of benzene rings is 11. The van der Waals surface area contributed by atoms with Gasteiger partial charge in [-0.1, -0.05) is 218 Å². The molecule has 0 heteroatoms. The van der Waals surface area contributed by atoms with Gasteiger partial charge in [-0.15, -0.1) is 0 Å². The Labute approximate surface area is 356 Å². The molecule has 0 heterocycles. The molecule has 0 bridgehead atoms. The highest BCUT2D eigenvalue weighted by Crippen LogP contribution is 2.58. The maximum Gasteiger partial charge on any atom is 0.0713 e. The van der Waals surface area contributed by atoms with Crippen molar-refractivity contribution in [2.75, 3.05) is 0 Å². The van der Waals surface area contributed by atoms with Crippen LogP contribution < -0.4 is 0 Å². The number of hydrogen-bond donors (Lipinski definition) is 0. The molecule has 0 nitrogen and oxygen atoms in total. The summed E-state index contributed by atoms with van der Waals surface area (Å²) in [7, 11) is 0. The maximum absolute atomic E-state index is 2.57. The van der Waals surface area contributed by atoms with Gasteiger partial charge in [0.1, 0.15) is 0 Å². The molecule has 0 unspecified atom stereocenters. The number of fused-ring (bicyclic) bond motifs is 6. The van der Waals surface area contributed by atoms with Crippen LogP contribution in [0.15, 0.2) is 243 Å². The predicted octanol–water partition coefficient (Wildman–Crippen LogP) is 16.2. The SMILES string of the molecule is c1ccc(-c2ccc(-c3c4cc5c(cc4c(-c4ccc(-c6ccccc6)cc4)c4cc6ccccc6cc34)C(c3ccccc3)(c3ccccc3)c3ccccc3-5)cc2)cc1. The zero-order valence-corrected chi connectivity index (χ0v) is 33.6. The topological polar surface area (TPSA) is 0 Å². The standard InChI is InChI=1S/C61H40/c1-5-17-41(18-6-1)43-29-33-45(34-30-43)59-53-37-47-21-13-14-22-48(47)38-54(53)60(46-35-31-44(32-36-46)42-19-7-2-8-20-42)56-40-58-52(39-55(56)59)51-27-15-16-28-57(51)61(58,49-23-9-3-10-24-49)50-25-11-4-12-26-50/h1-40H. The van der Waals surface area contributed by atoms with Crippen LogP contribution >= 0.6 is 0 Å². The van der Waals surface area contributed by atoms with E-state index in [1.807, 2.05) is 0 Å². The molecule has 61 heavy (non-hydrogen) atoms. The molecule has 0 saturated carbocycles. The van der Waals surface area contributed by atoms with Crippen LogP contribution in [0.25, 0.3) is 88.0 Å². The molecule has 11 aromatic rings. The molecule has 284 valence electrons. The summed E-state index contributed by atoms with van der Waals surface area (Å²) >= 11 is 0. The molecule has 1 aliphatic rings. The highest BCUT2D eigenvalue weighted by molar-refractivity contribution is 6.24. The molecule has 1 aliphatic carbocycles. The van der Waals surface area contributed by atoms with E-state index in [1.165, 1.54) is 110 Å². The molecule has 0 aliphatic heterocycles. The zero-order chi connectivity index (χ0) is 40.3. The summed E-state index contributed by atoms with van der Waals surface area (Å²) in [4.78, 5) is 0. The Morgan fingerprint density at radius 2 is 0.590 bits per heavy atom. The highest BCUT2D eigenvalue weighted by atomic mass is 14.5. The second-order valence-electron chi connectivity index (χ2n) is 16.4. The number of rotatable bonds is 6. The van der Waals surface area contributed by atoms with Gasteiger partial charge in [0, 0.05) is 0 Å². The first kappa shape index (κ1) is 35.2. The molecule has 12 rings (SSSR count). The lowest BCUT2D eigenvalue weighted by molar-refractivity contribution is 0.769. The summed E-state index contributed by atoms with van der Waals surface area (Å²) in [6.45, 7) is 0. The van der Waals surface area contributed by atoms with Crippen LogP contribution in [0.5, 0.6) is 0 Å². The Balaban J connectivity index is 1.24. The summed E-state index contributed by atoms with van der Waals surface area (Å²) in [5.41, 5.74) is 17.0. The van der Waals surface area contributed by atoms with Gasteiger partial charge in [-0.3, -0.25) is 0 Å². The van der Waals surface area contributed by atoms with E-state index in [0.29, 0.717) is 0 Å². The van der Waals surface area contributed by atoms with Gasteiger partial charge < -0.3 is 0 Å². The lowest BCUT2D eigenvalue weighted by Gasteiger charge is -2.34. The summed E-state index contributed by atoms with van der Waals surface area (Å²) in [6, 6.07) is 90.1. The number of hydrogen-bond acceptors (Lipinski definition) is 0. The molecule has 0 atom stereocenters. The van der Waals surface area contributed by atoms with Gasteiger partial charge in [-0.05, 0) is 134 Å². The Morgan fingerprint density at radius 1 is 0.230 bits per heavy atom. The van der Waals surface area contributed by atoms with Gasteiger partial charge >= 0.3 is 0 Å². The Hall–Kier alpha value is -7.80. The molecule has 0 amide bonds. The van der Waals surface area contributed by atoms with E-state index in [4.69, 9.17) is 0 Å². The molecule has 0 aromatic heterocycles. The summed E-state index contributed by atoms with van der Waals surface area (Å²) in [6.07, 6.45) is 0. The predicted molar refractivity (Wildman–Crippen MR) is 258 cm³/mol. The Kier molecular flexibility index (Phi) is 8.18. The molecule has 0 spiro atoms. The fourth-order valence-electron chi connectivity index (χ4n) is 10.4. The van der Waals surface area contributed by atoms with Crippen molar-refractivity contribution < 1.29 is 0 Å². The third kappa shape index (κ3) is 5.53. The average Bonchev–Trinajstić information content (AvgIpc) is 3.63. The molecular weight excluding hydrogens is 733 g/mol. The van der Waals surface area contributed by atoms with Crippen molar-refractivity contribution in [1.82, 2.24) is 0 Å². The third-order valence-electron chi connectivity index (χ3n) is 13.1. The minimum absolute atomic E-state index is 0.521. The van der Waals surface area contributed by atoms with Gasteiger partial charge in [0.25, 0.3) is 0 Å². The van der Waals surface area contributed by atoms with Gasteiger partial charge in [0.2, 0.25) is 0 Å². The summed E-state index contributed by atoms with van der Waals surface area (Å²) in [5, 5.41) is 7.48. The Bertz CT molecular complexity index is 3360. The monoisotopic (exact) mass is 772 g/mol. The van der Waals surface area contributed by atoms with Gasteiger partial charge in [0.15, 0.2) is 0 Å². The average molecular weight is 773 g/mol. The van der Waals surface area contributed by atoms with Crippen LogP contribution in [0.3, 0.4) is 0 Å². The van der Waals surface area contributed by atoms with E-state index in [-0.39, 0.29) is 0 Å². The minimum atomic E-state index is -0.521. The first-order valence-corrected chi connectivity index (χ1v) is 21.2. The van der Waals surface area contributed by atoms with Crippen LogP contribution in [0.2, 0.25) is 0 Å². The van der Waals surface area contributed by atoms with Crippen LogP contribution in [0.1, 0.15) is 22.3 Å². The molecule has 11 aromatic carbocycles. The maximum atomic E-state index is 2.57. The smallest absolute Gasteiger partial charge is 0.0622 e. The third-order valence-corrected chi connectivity index (χ3v) is 13.1. The summed E-state index contributed by atoms with van der Waals surface area (Å²) < 4.78 is 0. The van der Waals surface area contributed by atoms with Crippen molar-refractivity contribution >= 4 is 32.3 Å². The second kappa shape index (κ2) is 14.2. The quantitative estimate of drug-likeness (QED) is 0.148. The minimum Gasteiger partial charge on any atom is -0.0622 e. The van der Waals surface area contributed by atoms with Crippen molar-refractivity contribution in [3.8, 4) is 55.6 Å². The first-order valence-electron chi connectivity index (χ1n) is 21.2. The molecule has 0 radical (unpaired) electrons. The van der Waals surface area contributed by atoms with Gasteiger partial charge in [-0.25, -0.2) is 0 Å². The Morgan fingerprint density at radius 3 is 1.08 bits per heavy atom. The zero-order valence-electron chi connectivity index (χ0n) is 33.6. The van der Waals surface area contributed by atoms with Crippen molar-refractivity contribution in [3.63, 3.8) is 0 Å². The van der Waals surface area contributed by atoms with Crippen LogP contribution in [0.4, 0.5) is 0 Å². The van der Waals surface area contributed by atoms with Crippen molar-refractivity contribution in [2.45, 2.75) is 5.41 Å². The van der Waals surface area contributed by atoms with Crippen LogP contribution in [-0.4, -0.2) is 0 Å². The van der Waals surface area contributed by atoms with Gasteiger partial charge in [-0.2, -0.15) is 0 Å². The lowest BCUT2D eigenvalue weighted by atomic mass is 9.67. The molecule has 0 saturated heterocycles. The van der Waals surface area contributed by atoms with Crippen molar-refractivity contribution in [3.05, 3.63) is 265 Å². The van der Waals surface area contributed by atoms with E-state index in [2.05, 4.69) is 243 Å². The van der Waals surface area contributed by atoms with Crippen molar-refractivity contribution in [1.29, 1.82) is 0 Å². The molecule has 0 fully saturated rings. The van der Waals surface area contributed by atoms with E-state index in [9.17, 15) is 0 Å². The molecular formula is C61H40. The lowest BCUT2D eigenvalue weighted by Crippen LogP contribution is -2.28. The van der Waals surface area contributed by atoms with E-state index >= 15 is 0 Å². The second-order valence-corrected chi connectivity index (χ2v) is 16.4. The van der Waals surface area contributed by atoms with E-state index in [0.717, 1.165) is 0 Å². The highest BCUT2D eigenvalue weighted by Gasteiger charge is 2.46. The largest absolute Gasteiger partial charge is 0.0713 e. The fraction of sp³-hybridized carbons (Fsp3) is 0.0164. The normalized spacial score (nSPS) is 12.7. The first-order chi connectivity index (χ1) is 30.3.